The topological polar surface area (TPSA) is 69.0 Å². The monoisotopic (exact) mass is 320 g/mol. The van der Waals surface area contributed by atoms with Crippen molar-refractivity contribution in [3.05, 3.63) is 34.1 Å². The van der Waals surface area contributed by atoms with Crippen molar-refractivity contribution >= 4 is 23.3 Å². The molecule has 1 amide bonds. The third-order valence-electron chi connectivity index (χ3n) is 3.65. The van der Waals surface area contributed by atoms with Crippen LogP contribution in [0.25, 0.3) is 0 Å². The number of pyridine rings is 1. The van der Waals surface area contributed by atoms with E-state index in [9.17, 15) is 4.79 Å². The molecule has 0 unspecified atom stereocenters. The molecular weight excluding hydrogens is 304 g/mol. The summed E-state index contributed by atoms with van der Waals surface area (Å²) in [6.45, 7) is 2.32. The van der Waals surface area contributed by atoms with Gasteiger partial charge in [-0.1, -0.05) is 11.6 Å². The molecule has 6 nitrogen and oxygen atoms in total. The first-order valence-electron chi connectivity index (χ1n) is 7.24. The molecule has 1 aliphatic carbocycles. The lowest BCUT2D eigenvalue weighted by Crippen LogP contribution is -2.16. The summed E-state index contributed by atoms with van der Waals surface area (Å²) in [5.74, 6) is 0.833. The number of aryl methyl sites for hydroxylation is 2. The summed E-state index contributed by atoms with van der Waals surface area (Å²) < 4.78 is 6.98. The second-order valence-corrected chi connectivity index (χ2v) is 5.56. The summed E-state index contributed by atoms with van der Waals surface area (Å²) in [5, 5.41) is 7.67. The molecule has 0 atom stereocenters. The summed E-state index contributed by atoms with van der Waals surface area (Å²) >= 11 is 6.07. The molecule has 116 valence electrons. The van der Waals surface area contributed by atoms with Gasteiger partial charge in [-0.05, 0) is 32.3 Å². The average Bonchev–Trinajstić information content (AvgIpc) is 3.04. The van der Waals surface area contributed by atoms with Crippen LogP contribution in [0.4, 0.5) is 5.82 Å². The van der Waals surface area contributed by atoms with E-state index in [0.717, 1.165) is 36.3 Å². The summed E-state index contributed by atoms with van der Waals surface area (Å²) in [6, 6.07) is 1.56. The van der Waals surface area contributed by atoms with Crippen LogP contribution in [0.3, 0.4) is 0 Å². The van der Waals surface area contributed by atoms with Gasteiger partial charge in [-0.2, -0.15) is 5.10 Å². The lowest BCUT2D eigenvalue weighted by Gasteiger charge is -2.09. The Hall–Kier alpha value is -2.08. The second kappa shape index (κ2) is 5.96. The molecule has 2 aromatic heterocycles. The molecule has 0 aliphatic heterocycles. The molecule has 1 N–H and O–H groups in total. The number of carbonyl (C=O) groups excluding carboxylic acids is 1. The van der Waals surface area contributed by atoms with E-state index >= 15 is 0 Å². The molecule has 0 spiro atoms. The van der Waals surface area contributed by atoms with E-state index in [-0.39, 0.29) is 5.91 Å². The largest absolute Gasteiger partial charge is 0.477 e. The number of aromatic nitrogens is 3. The lowest BCUT2D eigenvalue weighted by molar-refractivity contribution is 0.102. The summed E-state index contributed by atoms with van der Waals surface area (Å²) in [4.78, 5) is 16.5. The quantitative estimate of drug-likeness (QED) is 0.940. The average molecular weight is 321 g/mol. The van der Waals surface area contributed by atoms with Crippen LogP contribution in [-0.4, -0.2) is 27.3 Å². The van der Waals surface area contributed by atoms with Gasteiger partial charge < -0.3 is 10.1 Å². The van der Waals surface area contributed by atoms with Gasteiger partial charge in [0.25, 0.3) is 5.91 Å². The van der Waals surface area contributed by atoms with Gasteiger partial charge >= 0.3 is 0 Å². The molecule has 7 heteroatoms. The summed E-state index contributed by atoms with van der Waals surface area (Å²) in [5.41, 5.74) is 2.59. The first-order valence-corrected chi connectivity index (χ1v) is 7.62. The van der Waals surface area contributed by atoms with Crippen molar-refractivity contribution in [1.82, 2.24) is 14.8 Å². The number of anilines is 1. The molecule has 0 saturated carbocycles. The standard InChI is InChI=1S/C15H17ClN4O2/c1-3-22-15-11(16)7-9(8-17-15)14(21)18-13-10-5-4-6-12(10)19-20(13)2/h7-8H,3-6H2,1-2H3,(H,18,21). The fourth-order valence-electron chi connectivity index (χ4n) is 2.65. The molecule has 3 rings (SSSR count). The Morgan fingerprint density at radius 3 is 3.05 bits per heavy atom. The van der Waals surface area contributed by atoms with Crippen molar-refractivity contribution in [2.24, 2.45) is 7.05 Å². The van der Waals surface area contributed by atoms with Gasteiger partial charge in [0.1, 0.15) is 10.8 Å². The van der Waals surface area contributed by atoms with Gasteiger partial charge in [-0.3, -0.25) is 9.48 Å². The first-order chi connectivity index (χ1) is 10.6. The highest BCUT2D eigenvalue weighted by atomic mass is 35.5. The van der Waals surface area contributed by atoms with Crippen molar-refractivity contribution < 1.29 is 9.53 Å². The number of halogens is 1. The minimum Gasteiger partial charge on any atom is -0.477 e. The lowest BCUT2D eigenvalue weighted by atomic mass is 10.2. The molecule has 0 aromatic carbocycles. The van der Waals surface area contributed by atoms with Crippen LogP contribution in [0.1, 0.15) is 35.0 Å². The van der Waals surface area contributed by atoms with E-state index in [4.69, 9.17) is 16.3 Å². The van der Waals surface area contributed by atoms with Crippen LogP contribution in [0, 0.1) is 0 Å². The van der Waals surface area contributed by atoms with Crippen molar-refractivity contribution in [3.8, 4) is 5.88 Å². The molecule has 22 heavy (non-hydrogen) atoms. The van der Waals surface area contributed by atoms with Gasteiger partial charge in [0.05, 0.1) is 17.9 Å². The van der Waals surface area contributed by atoms with Gasteiger partial charge in [0, 0.05) is 18.8 Å². The Kier molecular flexibility index (Phi) is 4.02. The van der Waals surface area contributed by atoms with Crippen LogP contribution in [0.15, 0.2) is 12.3 Å². The van der Waals surface area contributed by atoms with E-state index in [1.807, 2.05) is 14.0 Å². The number of carbonyl (C=O) groups is 1. The van der Waals surface area contributed by atoms with Crippen LogP contribution in [0.2, 0.25) is 5.02 Å². The summed E-state index contributed by atoms with van der Waals surface area (Å²) in [7, 11) is 1.83. The third-order valence-corrected chi connectivity index (χ3v) is 3.92. The number of nitrogens with one attached hydrogen (secondary N) is 1. The number of hydrogen-bond acceptors (Lipinski definition) is 4. The number of hydrogen-bond donors (Lipinski definition) is 1. The normalized spacial score (nSPS) is 13.0. The Morgan fingerprint density at radius 1 is 1.50 bits per heavy atom. The number of ether oxygens (including phenoxy) is 1. The number of rotatable bonds is 4. The highest BCUT2D eigenvalue weighted by Gasteiger charge is 2.22. The Labute approximate surface area is 133 Å². The highest BCUT2D eigenvalue weighted by molar-refractivity contribution is 6.32. The third kappa shape index (κ3) is 2.66. The van der Waals surface area contributed by atoms with Crippen molar-refractivity contribution in [3.63, 3.8) is 0 Å². The molecule has 0 saturated heterocycles. The Balaban J connectivity index is 1.82. The van der Waals surface area contributed by atoms with Crippen LogP contribution < -0.4 is 10.1 Å². The van der Waals surface area contributed by atoms with Crippen LogP contribution in [0.5, 0.6) is 5.88 Å². The molecule has 0 radical (unpaired) electrons. The second-order valence-electron chi connectivity index (χ2n) is 5.15. The van der Waals surface area contributed by atoms with E-state index in [0.29, 0.717) is 23.1 Å². The van der Waals surface area contributed by atoms with Crippen molar-refractivity contribution in [1.29, 1.82) is 0 Å². The van der Waals surface area contributed by atoms with Crippen molar-refractivity contribution in [2.45, 2.75) is 26.2 Å². The van der Waals surface area contributed by atoms with Gasteiger partial charge in [-0.25, -0.2) is 4.98 Å². The smallest absolute Gasteiger partial charge is 0.258 e. The van der Waals surface area contributed by atoms with Crippen LogP contribution in [-0.2, 0) is 19.9 Å². The van der Waals surface area contributed by atoms with E-state index in [1.54, 1.807) is 10.7 Å². The maximum absolute atomic E-state index is 12.4. The predicted octanol–water partition coefficient (Wildman–Crippen LogP) is 2.61. The van der Waals surface area contributed by atoms with E-state index in [1.165, 1.54) is 6.20 Å². The fourth-order valence-corrected chi connectivity index (χ4v) is 2.87. The van der Waals surface area contributed by atoms with Gasteiger partial charge in [0.15, 0.2) is 0 Å². The van der Waals surface area contributed by atoms with Crippen molar-refractivity contribution in [2.75, 3.05) is 11.9 Å². The molecule has 0 bridgehead atoms. The minimum absolute atomic E-state index is 0.254. The SMILES string of the molecule is CCOc1ncc(C(=O)Nc2c3c(nn2C)CCC3)cc1Cl. The zero-order valence-electron chi connectivity index (χ0n) is 12.5. The molecule has 2 heterocycles. The Bertz CT molecular complexity index is 727. The number of fused-ring (bicyclic) bond motifs is 1. The maximum Gasteiger partial charge on any atom is 0.258 e. The zero-order valence-corrected chi connectivity index (χ0v) is 13.3. The fraction of sp³-hybridized carbons (Fsp3) is 0.400. The molecular formula is C15H17ClN4O2. The summed E-state index contributed by atoms with van der Waals surface area (Å²) in [6.07, 6.45) is 4.46. The van der Waals surface area contributed by atoms with Gasteiger partial charge in [0.2, 0.25) is 5.88 Å². The van der Waals surface area contributed by atoms with Crippen LogP contribution >= 0.6 is 11.6 Å². The minimum atomic E-state index is -0.254. The number of nitrogens with zero attached hydrogens (tertiary/aromatic N) is 3. The Morgan fingerprint density at radius 2 is 2.32 bits per heavy atom. The zero-order chi connectivity index (χ0) is 15.7. The first kappa shape index (κ1) is 14.8. The maximum atomic E-state index is 12.4. The number of amides is 1. The predicted molar refractivity (Wildman–Crippen MR) is 83.6 cm³/mol. The van der Waals surface area contributed by atoms with E-state index < -0.39 is 0 Å². The molecule has 1 aliphatic rings. The molecule has 0 fully saturated rings. The molecule has 2 aromatic rings. The van der Waals surface area contributed by atoms with E-state index in [2.05, 4.69) is 15.4 Å². The van der Waals surface area contributed by atoms with Gasteiger partial charge in [-0.15, -0.1) is 0 Å². The highest BCUT2D eigenvalue weighted by Crippen LogP contribution is 2.29.